The van der Waals surface area contributed by atoms with Gasteiger partial charge in [-0.1, -0.05) is 6.07 Å². The number of piperidine rings is 1. The van der Waals surface area contributed by atoms with E-state index >= 15 is 0 Å². The van der Waals surface area contributed by atoms with E-state index < -0.39 is 0 Å². The van der Waals surface area contributed by atoms with Gasteiger partial charge < -0.3 is 26.9 Å². The van der Waals surface area contributed by atoms with Crippen LogP contribution < -0.4 is 16.4 Å². The number of aromatic nitrogens is 2. The summed E-state index contributed by atoms with van der Waals surface area (Å²) in [7, 11) is 0. The molecule has 164 valence electrons. The minimum absolute atomic E-state index is 0.0218. The molecule has 1 saturated heterocycles. The summed E-state index contributed by atoms with van der Waals surface area (Å²) in [6.45, 7) is 8.68. The largest absolute Gasteiger partial charge is 0.507 e. The topological polar surface area (TPSA) is 156 Å². The molecule has 31 heavy (non-hydrogen) atoms. The number of hydrogen-bond donors (Lipinski definition) is 6. The van der Waals surface area contributed by atoms with Gasteiger partial charge >= 0.3 is 0 Å². The minimum Gasteiger partial charge on any atom is -0.507 e. The SMILES string of the molecule is CC1(C)CC(Nc2nnc(-c3ccc(/C(C=N)=C/N)cc3O)cc2N=N)CC(C)(C)N1. The number of nitrogens with zero attached hydrogens (tertiary/aromatic N) is 3. The third kappa shape index (κ3) is 5.05. The summed E-state index contributed by atoms with van der Waals surface area (Å²) in [5.74, 6) is 0.428. The number of rotatable bonds is 6. The van der Waals surface area contributed by atoms with Crippen LogP contribution in [0.1, 0.15) is 46.1 Å². The molecule has 0 spiro atoms. The fourth-order valence-corrected chi connectivity index (χ4v) is 4.47. The molecule has 7 N–H and O–H groups in total. The number of anilines is 1. The zero-order valence-electron chi connectivity index (χ0n) is 18.3. The molecule has 9 nitrogen and oxygen atoms in total. The van der Waals surface area contributed by atoms with Crippen molar-refractivity contribution in [3.05, 3.63) is 36.0 Å². The van der Waals surface area contributed by atoms with Crippen LogP contribution in [0.25, 0.3) is 16.8 Å². The van der Waals surface area contributed by atoms with Crippen molar-refractivity contribution in [1.29, 1.82) is 10.9 Å². The molecule has 1 fully saturated rings. The zero-order chi connectivity index (χ0) is 22.8. The second-order valence-corrected chi connectivity index (χ2v) is 9.22. The number of nitrogens with two attached hydrogens (primary N) is 1. The Morgan fingerprint density at radius 3 is 2.45 bits per heavy atom. The van der Waals surface area contributed by atoms with Crippen LogP contribution in [0.4, 0.5) is 11.5 Å². The van der Waals surface area contributed by atoms with Crippen LogP contribution in [0.3, 0.4) is 0 Å². The molecular formula is C22H30N8O. The summed E-state index contributed by atoms with van der Waals surface area (Å²) in [6, 6.07) is 6.72. The van der Waals surface area contributed by atoms with Gasteiger partial charge in [-0.05, 0) is 64.3 Å². The number of phenols is 1. The van der Waals surface area contributed by atoms with Gasteiger partial charge in [-0.3, -0.25) is 0 Å². The molecular weight excluding hydrogens is 392 g/mol. The predicted octanol–water partition coefficient (Wildman–Crippen LogP) is 4.18. The first-order valence-corrected chi connectivity index (χ1v) is 10.1. The highest BCUT2D eigenvalue weighted by molar-refractivity contribution is 6.08. The Morgan fingerprint density at radius 1 is 1.23 bits per heavy atom. The Morgan fingerprint density at radius 2 is 1.90 bits per heavy atom. The van der Waals surface area contributed by atoms with Crippen LogP contribution in [-0.4, -0.2) is 38.6 Å². The highest BCUT2D eigenvalue weighted by atomic mass is 16.3. The molecule has 0 aliphatic carbocycles. The maximum absolute atomic E-state index is 10.5. The van der Waals surface area contributed by atoms with Crippen molar-refractivity contribution >= 4 is 23.3 Å². The van der Waals surface area contributed by atoms with Crippen molar-refractivity contribution in [2.24, 2.45) is 10.8 Å². The fourth-order valence-electron chi connectivity index (χ4n) is 4.47. The molecule has 1 aliphatic rings. The zero-order valence-corrected chi connectivity index (χ0v) is 18.3. The van der Waals surface area contributed by atoms with Crippen molar-refractivity contribution in [3.8, 4) is 17.0 Å². The smallest absolute Gasteiger partial charge is 0.176 e. The maximum Gasteiger partial charge on any atom is 0.176 e. The molecule has 2 aromatic rings. The summed E-state index contributed by atoms with van der Waals surface area (Å²) >= 11 is 0. The minimum atomic E-state index is -0.0358. The lowest BCUT2D eigenvalue weighted by Crippen LogP contribution is -2.60. The van der Waals surface area contributed by atoms with Crippen LogP contribution >= 0.6 is 0 Å². The average Bonchev–Trinajstić information content (AvgIpc) is 2.67. The second kappa shape index (κ2) is 8.43. The molecule has 0 atom stereocenters. The van der Waals surface area contributed by atoms with Crippen molar-refractivity contribution in [3.63, 3.8) is 0 Å². The van der Waals surface area contributed by atoms with Gasteiger partial charge in [0.15, 0.2) is 5.82 Å². The van der Waals surface area contributed by atoms with Crippen molar-refractivity contribution in [1.82, 2.24) is 15.5 Å². The van der Waals surface area contributed by atoms with Crippen LogP contribution in [0, 0.1) is 10.9 Å². The Balaban J connectivity index is 1.89. The fraction of sp³-hybridized carbons (Fsp3) is 0.409. The molecule has 0 radical (unpaired) electrons. The number of benzene rings is 1. The van der Waals surface area contributed by atoms with E-state index in [2.05, 4.69) is 53.6 Å². The Hall–Kier alpha value is -3.33. The predicted molar refractivity (Wildman–Crippen MR) is 123 cm³/mol. The summed E-state index contributed by atoms with van der Waals surface area (Å²) in [5.41, 5.74) is 15.4. The van der Waals surface area contributed by atoms with E-state index in [0.717, 1.165) is 19.1 Å². The highest BCUT2D eigenvalue weighted by Crippen LogP contribution is 2.35. The molecule has 0 unspecified atom stereocenters. The molecule has 1 aliphatic heterocycles. The van der Waals surface area contributed by atoms with Crippen molar-refractivity contribution in [2.75, 3.05) is 5.32 Å². The first kappa shape index (κ1) is 22.4. The maximum atomic E-state index is 10.5. The van der Waals surface area contributed by atoms with E-state index in [1.165, 1.54) is 12.3 Å². The van der Waals surface area contributed by atoms with Gasteiger partial charge in [0.1, 0.15) is 11.4 Å². The molecule has 2 heterocycles. The Kier molecular flexibility index (Phi) is 6.08. The summed E-state index contributed by atoms with van der Waals surface area (Å²) in [6.07, 6.45) is 4.21. The number of nitrogens with one attached hydrogen (secondary N) is 4. The van der Waals surface area contributed by atoms with Gasteiger partial charge in [-0.25, -0.2) is 5.53 Å². The van der Waals surface area contributed by atoms with Crippen LogP contribution in [-0.2, 0) is 0 Å². The lowest BCUT2D eigenvalue weighted by molar-refractivity contribution is 0.170. The molecule has 0 amide bonds. The van der Waals surface area contributed by atoms with Gasteiger partial charge in [0.05, 0.1) is 5.69 Å². The van der Waals surface area contributed by atoms with Crippen molar-refractivity contribution < 1.29 is 5.11 Å². The number of allylic oxidation sites excluding steroid dienone is 1. The average molecular weight is 423 g/mol. The van der Waals surface area contributed by atoms with E-state index in [-0.39, 0.29) is 22.9 Å². The summed E-state index contributed by atoms with van der Waals surface area (Å²) in [5, 5.41) is 37.1. The van der Waals surface area contributed by atoms with E-state index in [9.17, 15) is 5.11 Å². The second-order valence-electron chi connectivity index (χ2n) is 9.22. The van der Waals surface area contributed by atoms with Crippen LogP contribution in [0.15, 0.2) is 35.6 Å². The number of phenolic OH excluding ortho intramolecular Hbond substituents is 1. The van der Waals surface area contributed by atoms with E-state index in [1.807, 2.05) is 0 Å². The quantitative estimate of drug-likeness (QED) is 0.303. The van der Waals surface area contributed by atoms with Crippen molar-refractivity contribution in [2.45, 2.75) is 57.7 Å². The third-order valence-electron chi connectivity index (χ3n) is 5.37. The van der Waals surface area contributed by atoms with E-state index in [0.29, 0.717) is 33.9 Å². The van der Waals surface area contributed by atoms with Crippen LogP contribution in [0.2, 0.25) is 0 Å². The molecule has 3 rings (SSSR count). The first-order chi connectivity index (χ1) is 14.6. The van der Waals surface area contributed by atoms with Crippen LogP contribution in [0.5, 0.6) is 5.75 Å². The van der Waals surface area contributed by atoms with Gasteiger partial charge in [-0.2, -0.15) is 5.11 Å². The van der Waals surface area contributed by atoms with E-state index in [4.69, 9.17) is 16.7 Å². The van der Waals surface area contributed by atoms with Gasteiger partial charge in [0.25, 0.3) is 0 Å². The monoisotopic (exact) mass is 422 g/mol. The number of aromatic hydroxyl groups is 1. The summed E-state index contributed by atoms with van der Waals surface area (Å²) < 4.78 is 0. The van der Waals surface area contributed by atoms with Gasteiger partial charge in [-0.15, -0.1) is 10.2 Å². The lowest BCUT2D eigenvalue weighted by atomic mass is 9.79. The molecule has 9 heteroatoms. The Labute approximate surface area is 182 Å². The third-order valence-corrected chi connectivity index (χ3v) is 5.37. The van der Waals surface area contributed by atoms with Gasteiger partial charge in [0, 0.05) is 40.7 Å². The number of hydrogen-bond acceptors (Lipinski definition) is 9. The normalized spacial score (nSPS) is 18.4. The highest BCUT2D eigenvalue weighted by Gasteiger charge is 2.38. The standard InChI is InChI=1S/C22H30N8O/c1-21(2)9-15(10-22(3,4)30-21)26-20-18(27-25)8-17(28-29-20)16-6-5-13(7-19(16)31)14(11-23)12-24/h5-8,11-12,15,23,25,30-31H,9-10,24H2,1-4H3,(H,26,29)/b14-12+,23-11?,27-25?. The first-order valence-electron chi connectivity index (χ1n) is 10.1. The van der Waals surface area contributed by atoms with E-state index in [1.54, 1.807) is 18.2 Å². The molecule has 1 aromatic heterocycles. The molecule has 1 aromatic carbocycles. The lowest BCUT2D eigenvalue weighted by Gasteiger charge is -2.46. The molecule has 0 saturated carbocycles. The van der Waals surface area contributed by atoms with Gasteiger partial charge in [0.2, 0.25) is 0 Å². The molecule has 0 bridgehead atoms. The summed E-state index contributed by atoms with van der Waals surface area (Å²) in [4.78, 5) is 0. The Bertz CT molecular complexity index is 1010.